The van der Waals surface area contributed by atoms with Gasteiger partial charge in [0.15, 0.2) is 0 Å². The van der Waals surface area contributed by atoms with Crippen molar-refractivity contribution in [3.8, 4) is 0 Å². The summed E-state index contributed by atoms with van der Waals surface area (Å²) in [6.07, 6.45) is 0. The van der Waals surface area contributed by atoms with Crippen LogP contribution in [-0.2, 0) is 0 Å². The minimum absolute atomic E-state index is 0.163. The van der Waals surface area contributed by atoms with Crippen molar-refractivity contribution in [2.75, 3.05) is 4.90 Å². The van der Waals surface area contributed by atoms with E-state index in [0.717, 1.165) is 20.8 Å². The zero-order valence-electron chi connectivity index (χ0n) is 12.4. The van der Waals surface area contributed by atoms with E-state index >= 15 is 0 Å². The summed E-state index contributed by atoms with van der Waals surface area (Å²) < 4.78 is 15.1. The van der Waals surface area contributed by atoms with Crippen LogP contribution in [0.5, 0.6) is 0 Å². The third-order valence-electron chi connectivity index (χ3n) is 4.40. The van der Waals surface area contributed by atoms with Gasteiger partial charge in [0.1, 0.15) is 5.82 Å². The Kier molecular flexibility index (Phi) is 3.23. The predicted octanol–water partition coefficient (Wildman–Crippen LogP) is 5.46. The van der Waals surface area contributed by atoms with Crippen LogP contribution in [0.1, 0.15) is 28.9 Å². The van der Waals surface area contributed by atoms with Gasteiger partial charge in [-0.1, -0.05) is 52.3 Å². The van der Waals surface area contributed by atoms with Crippen molar-refractivity contribution in [2.24, 2.45) is 0 Å². The lowest BCUT2D eigenvalue weighted by molar-refractivity contribution is 0.0991. The second-order valence-electron chi connectivity index (χ2n) is 5.67. The fourth-order valence-corrected chi connectivity index (χ4v) is 3.96. The Morgan fingerprint density at radius 2 is 1.70 bits per heavy atom. The van der Waals surface area contributed by atoms with E-state index in [4.69, 9.17) is 0 Å². The van der Waals surface area contributed by atoms with Crippen LogP contribution in [0.15, 0.2) is 59.1 Å². The summed E-state index contributed by atoms with van der Waals surface area (Å²) in [6, 6.07) is 16.0. The number of carbonyl (C=O) groups is 1. The van der Waals surface area contributed by atoms with Crippen LogP contribution in [0.25, 0.3) is 10.8 Å². The molecule has 2 nitrogen and oxygen atoms in total. The van der Waals surface area contributed by atoms with Gasteiger partial charge in [0.2, 0.25) is 0 Å². The Balaban J connectivity index is 1.98. The molecule has 0 saturated carbocycles. The smallest absolute Gasteiger partial charge is 0.259 e. The molecular formula is C19H13BrFNO. The standard InChI is InChI=1S/C19H13BrFNO/c1-11-18-13-7-3-2-6-12(13)15(20)10-14(18)19(23)22(11)17-9-5-4-8-16(17)21/h2-11H,1H3. The fourth-order valence-electron chi connectivity index (χ4n) is 3.38. The summed E-state index contributed by atoms with van der Waals surface area (Å²) in [4.78, 5) is 14.4. The van der Waals surface area contributed by atoms with Gasteiger partial charge in [-0.2, -0.15) is 0 Å². The highest BCUT2D eigenvalue weighted by Gasteiger charge is 2.37. The van der Waals surface area contributed by atoms with Gasteiger partial charge in [0.05, 0.1) is 11.7 Å². The van der Waals surface area contributed by atoms with E-state index in [-0.39, 0.29) is 17.8 Å². The highest BCUT2D eigenvalue weighted by Crippen LogP contribution is 2.43. The van der Waals surface area contributed by atoms with Crippen LogP contribution in [0, 0.1) is 5.82 Å². The zero-order valence-corrected chi connectivity index (χ0v) is 14.0. The molecule has 23 heavy (non-hydrogen) atoms. The molecule has 4 rings (SSSR count). The maximum atomic E-state index is 14.2. The Bertz CT molecular complexity index is 953. The maximum Gasteiger partial charge on any atom is 0.259 e. The predicted molar refractivity (Wildman–Crippen MR) is 93.3 cm³/mol. The average Bonchev–Trinajstić information content (AvgIpc) is 2.80. The van der Waals surface area contributed by atoms with Crippen LogP contribution in [-0.4, -0.2) is 5.91 Å². The van der Waals surface area contributed by atoms with Gasteiger partial charge in [-0.3, -0.25) is 9.69 Å². The largest absolute Gasteiger partial charge is 0.298 e. The lowest BCUT2D eigenvalue weighted by Crippen LogP contribution is -2.27. The number of hydrogen-bond donors (Lipinski definition) is 0. The Morgan fingerprint density at radius 1 is 1.04 bits per heavy atom. The quantitative estimate of drug-likeness (QED) is 0.557. The first kappa shape index (κ1) is 14.4. The number of para-hydroxylation sites is 1. The number of fused-ring (bicyclic) bond motifs is 3. The lowest BCUT2D eigenvalue weighted by Gasteiger charge is -2.23. The first-order valence-corrected chi connectivity index (χ1v) is 8.18. The minimum atomic E-state index is -0.385. The molecule has 1 heterocycles. The second kappa shape index (κ2) is 5.17. The molecule has 1 aliphatic rings. The van der Waals surface area contributed by atoms with Crippen LogP contribution in [0.2, 0.25) is 0 Å². The molecule has 0 radical (unpaired) electrons. The number of halogens is 2. The maximum absolute atomic E-state index is 14.2. The molecule has 3 aromatic carbocycles. The van der Waals surface area contributed by atoms with Gasteiger partial charge >= 0.3 is 0 Å². The highest BCUT2D eigenvalue weighted by atomic mass is 79.9. The van der Waals surface area contributed by atoms with Gasteiger partial charge in [-0.15, -0.1) is 0 Å². The third kappa shape index (κ3) is 2.01. The summed E-state index contributed by atoms with van der Waals surface area (Å²) in [5, 5.41) is 2.08. The highest BCUT2D eigenvalue weighted by molar-refractivity contribution is 9.10. The Labute approximate surface area is 141 Å². The molecule has 3 aromatic rings. The molecule has 4 heteroatoms. The average molecular weight is 370 g/mol. The molecule has 0 saturated heterocycles. The zero-order chi connectivity index (χ0) is 16.1. The number of anilines is 1. The van der Waals surface area contributed by atoms with Crippen molar-refractivity contribution in [1.82, 2.24) is 0 Å². The van der Waals surface area contributed by atoms with Crippen molar-refractivity contribution in [3.05, 3.63) is 76.0 Å². The number of amides is 1. The molecule has 1 atom stereocenters. The SMILES string of the molecule is CC1c2c(cc(Br)c3ccccc23)C(=O)N1c1ccccc1F. The van der Waals surface area contributed by atoms with E-state index in [1.54, 1.807) is 23.1 Å². The molecule has 0 spiro atoms. The van der Waals surface area contributed by atoms with Gasteiger partial charge in [0.25, 0.3) is 5.91 Å². The summed E-state index contributed by atoms with van der Waals surface area (Å²) in [6.45, 7) is 1.94. The van der Waals surface area contributed by atoms with Crippen molar-refractivity contribution in [1.29, 1.82) is 0 Å². The molecule has 0 fully saturated rings. The van der Waals surface area contributed by atoms with Crippen LogP contribution < -0.4 is 4.90 Å². The van der Waals surface area contributed by atoms with E-state index in [1.165, 1.54) is 6.07 Å². The molecule has 0 N–H and O–H groups in total. The summed E-state index contributed by atoms with van der Waals surface area (Å²) in [5.74, 6) is -0.548. The Morgan fingerprint density at radius 3 is 2.43 bits per heavy atom. The number of rotatable bonds is 1. The fraction of sp³-hybridized carbons (Fsp3) is 0.105. The van der Waals surface area contributed by atoms with Gasteiger partial charge < -0.3 is 0 Å². The van der Waals surface area contributed by atoms with Crippen molar-refractivity contribution in [3.63, 3.8) is 0 Å². The van der Waals surface area contributed by atoms with Crippen molar-refractivity contribution in [2.45, 2.75) is 13.0 Å². The Hall–Kier alpha value is -2.20. The monoisotopic (exact) mass is 369 g/mol. The number of nitrogens with zero attached hydrogens (tertiary/aromatic N) is 1. The van der Waals surface area contributed by atoms with Crippen molar-refractivity contribution >= 4 is 38.3 Å². The van der Waals surface area contributed by atoms with Crippen molar-refractivity contribution < 1.29 is 9.18 Å². The van der Waals surface area contributed by atoms with E-state index in [1.807, 2.05) is 37.3 Å². The molecule has 114 valence electrons. The van der Waals surface area contributed by atoms with Crippen LogP contribution >= 0.6 is 15.9 Å². The second-order valence-corrected chi connectivity index (χ2v) is 6.52. The first-order chi connectivity index (χ1) is 11.1. The minimum Gasteiger partial charge on any atom is -0.298 e. The van der Waals surface area contributed by atoms with E-state index in [0.29, 0.717) is 11.3 Å². The third-order valence-corrected chi connectivity index (χ3v) is 5.06. The summed E-state index contributed by atoms with van der Waals surface area (Å²) in [5.41, 5.74) is 1.91. The first-order valence-electron chi connectivity index (χ1n) is 7.39. The number of hydrogen-bond acceptors (Lipinski definition) is 1. The molecule has 1 amide bonds. The number of carbonyl (C=O) groups excluding carboxylic acids is 1. The topological polar surface area (TPSA) is 20.3 Å². The summed E-state index contributed by atoms with van der Waals surface area (Å²) >= 11 is 3.54. The van der Waals surface area contributed by atoms with Crippen LogP contribution in [0.4, 0.5) is 10.1 Å². The molecule has 0 aliphatic carbocycles. The van der Waals surface area contributed by atoms with Gasteiger partial charge in [0, 0.05) is 10.0 Å². The molecule has 1 aliphatic heterocycles. The molecule has 0 bridgehead atoms. The van der Waals surface area contributed by atoms with Gasteiger partial charge in [-0.05, 0) is 41.5 Å². The normalized spacial score (nSPS) is 16.9. The lowest BCUT2D eigenvalue weighted by atomic mass is 9.97. The molecule has 1 unspecified atom stereocenters. The van der Waals surface area contributed by atoms with E-state index < -0.39 is 0 Å². The van der Waals surface area contributed by atoms with E-state index in [2.05, 4.69) is 15.9 Å². The molecule has 0 aromatic heterocycles. The number of benzene rings is 3. The molecular weight excluding hydrogens is 357 g/mol. The summed E-state index contributed by atoms with van der Waals surface area (Å²) in [7, 11) is 0. The van der Waals surface area contributed by atoms with Gasteiger partial charge in [-0.25, -0.2) is 4.39 Å². The van der Waals surface area contributed by atoms with E-state index in [9.17, 15) is 9.18 Å². The van der Waals surface area contributed by atoms with Crippen LogP contribution in [0.3, 0.4) is 0 Å².